The van der Waals surface area contributed by atoms with Crippen LogP contribution in [-0.4, -0.2) is 66.2 Å². The number of halogens is 2. The molecule has 0 bridgehead atoms. The molecule has 53 heavy (non-hydrogen) atoms. The summed E-state index contributed by atoms with van der Waals surface area (Å²) in [5.74, 6) is -3.03. The summed E-state index contributed by atoms with van der Waals surface area (Å²) in [7, 11) is 0. The number of carbonyl (C=O) groups is 4. The summed E-state index contributed by atoms with van der Waals surface area (Å²) in [6, 6.07) is 33.4. The number of hydrogen-bond donors (Lipinski definition) is 0. The van der Waals surface area contributed by atoms with E-state index in [0.717, 1.165) is 0 Å². The maximum Gasteiger partial charge on any atom is 0.341 e. The Balaban J connectivity index is 1.47. The lowest BCUT2D eigenvalue weighted by atomic mass is 10.1. The molecule has 11 nitrogen and oxygen atoms in total. The fraction of sp³-hybridized carbons (Fsp3) is 0.175. The van der Waals surface area contributed by atoms with Gasteiger partial charge in [0.1, 0.15) is 23.4 Å². The quantitative estimate of drug-likeness (QED) is 0.0708. The zero-order valence-electron chi connectivity index (χ0n) is 28.2. The lowest BCUT2D eigenvalue weighted by molar-refractivity contribution is -0.0619. The van der Waals surface area contributed by atoms with Crippen LogP contribution in [0, 0.1) is 0 Å². The van der Waals surface area contributed by atoms with Gasteiger partial charge in [-0.3, -0.25) is 9.56 Å². The van der Waals surface area contributed by atoms with Gasteiger partial charge in [0.25, 0.3) is 0 Å². The number of carbonyl (C=O) groups excluding carboxylic acids is 4. The SMILES string of the molecule is CCOC(=O)c1c(Cl)c(Cl)n([C@@H]2O[C@H](COC(=O)c3ccccc3)[C@@H](OC(=O)c3ccccc3)[C@H]2OC(=O)c2ccccc2)c1C=Nc1ccccc1. The molecule has 270 valence electrons. The molecule has 1 saturated heterocycles. The van der Waals surface area contributed by atoms with Crippen molar-refractivity contribution in [1.82, 2.24) is 4.57 Å². The first kappa shape index (κ1) is 37.0. The van der Waals surface area contributed by atoms with Crippen molar-refractivity contribution in [2.24, 2.45) is 4.99 Å². The maximum atomic E-state index is 13.7. The lowest BCUT2D eigenvalue weighted by Gasteiger charge is -2.26. The number of aromatic nitrogens is 1. The normalized spacial score (nSPS) is 18.0. The molecule has 0 N–H and O–H groups in total. The van der Waals surface area contributed by atoms with E-state index in [9.17, 15) is 19.2 Å². The largest absolute Gasteiger partial charge is 0.462 e. The van der Waals surface area contributed by atoms with Gasteiger partial charge >= 0.3 is 23.9 Å². The fourth-order valence-electron chi connectivity index (χ4n) is 5.64. The van der Waals surface area contributed by atoms with Gasteiger partial charge in [0, 0.05) is 0 Å². The smallest absolute Gasteiger partial charge is 0.341 e. The molecule has 1 aliphatic heterocycles. The molecule has 1 fully saturated rings. The van der Waals surface area contributed by atoms with Crippen LogP contribution in [0.2, 0.25) is 10.2 Å². The molecule has 13 heteroatoms. The first-order valence-electron chi connectivity index (χ1n) is 16.5. The van der Waals surface area contributed by atoms with Crippen LogP contribution in [0.25, 0.3) is 0 Å². The van der Waals surface area contributed by atoms with Crippen molar-refractivity contribution in [1.29, 1.82) is 0 Å². The summed E-state index contributed by atoms with van der Waals surface area (Å²) in [5, 5.41) is -0.377. The van der Waals surface area contributed by atoms with Gasteiger partial charge in [-0.1, -0.05) is 96.0 Å². The number of benzene rings is 4. The van der Waals surface area contributed by atoms with E-state index >= 15 is 0 Å². The molecule has 6 rings (SSSR count). The van der Waals surface area contributed by atoms with E-state index in [1.54, 1.807) is 122 Å². The summed E-state index contributed by atoms with van der Waals surface area (Å²) >= 11 is 13.6. The number of rotatable bonds is 12. The standard InChI is InChI=1S/C40H32Cl2N2O9/c1-2-49-40(48)31-29(23-43-28-21-13-6-14-22-28)44(35(42)32(31)41)36-34(53-39(47)27-19-11-5-12-20-27)33(52-38(46)26-17-9-4-10-18-26)30(51-36)24-50-37(45)25-15-7-3-8-16-25/h3-23,30,33-34,36H,2,24H2,1H3/t30-,33-,34-,36-/m1/s1. The first-order valence-corrected chi connectivity index (χ1v) is 17.3. The molecule has 4 atom stereocenters. The monoisotopic (exact) mass is 754 g/mol. The van der Waals surface area contributed by atoms with E-state index in [0.29, 0.717) is 5.69 Å². The predicted octanol–water partition coefficient (Wildman–Crippen LogP) is 7.93. The molecule has 0 radical (unpaired) electrons. The third kappa shape index (κ3) is 8.49. The highest BCUT2D eigenvalue weighted by Crippen LogP contribution is 2.42. The van der Waals surface area contributed by atoms with Gasteiger partial charge in [-0.2, -0.15) is 0 Å². The lowest BCUT2D eigenvalue weighted by Crippen LogP contribution is -2.41. The number of hydrogen-bond acceptors (Lipinski definition) is 10. The van der Waals surface area contributed by atoms with Crippen molar-refractivity contribution < 1.29 is 42.9 Å². The van der Waals surface area contributed by atoms with Crippen LogP contribution >= 0.6 is 23.2 Å². The zero-order valence-corrected chi connectivity index (χ0v) is 29.7. The van der Waals surface area contributed by atoms with Crippen LogP contribution in [-0.2, 0) is 23.7 Å². The minimum Gasteiger partial charge on any atom is -0.462 e. The minimum atomic E-state index is -1.45. The van der Waals surface area contributed by atoms with Crippen LogP contribution < -0.4 is 0 Å². The van der Waals surface area contributed by atoms with Crippen LogP contribution in [0.5, 0.6) is 0 Å². The molecule has 1 aromatic heterocycles. The second-order valence-electron chi connectivity index (χ2n) is 11.6. The van der Waals surface area contributed by atoms with Crippen molar-refractivity contribution in [2.75, 3.05) is 13.2 Å². The highest BCUT2D eigenvalue weighted by Gasteiger charge is 2.53. The Morgan fingerprint density at radius 3 is 1.70 bits per heavy atom. The van der Waals surface area contributed by atoms with Crippen LogP contribution in [0.15, 0.2) is 126 Å². The molecule has 0 unspecified atom stereocenters. The molecule has 0 spiro atoms. The summed E-state index contributed by atoms with van der Waals surface area (Å²) in [6.07, 6.45) is -4.12. The second kappa shape index (κ2) is 17.2. The van der Waals surface area contributed by atoms with Crippen molar-refractivity contribution in [3.63, 3.8) is 0 Å². The molecule has 2 heterocycles. The topological polar surface area (TPSA) is 132 Å². The van der Waals surface area contributed by atoms with Crippen LogP contribution in [0.4, 0.5) is 5.69 Å². The molecular formula is C40H32Cl2N2O9. The average Bonchev–Trinajstić information content (AvgIpc) is 3.65. The van der Waals surface area contributed by atoms with E-state index < -0.39 is 55.0 Å². The molecule has 5 aromatic rings. The maximum absolute atomic E-state index is 13.7. The van der Waals surface area contributed by atoms with Crippen LogP contribution in [0.3, 0.4) is 0 Å². The zero-order chi connectivity index (χ0) is 37.3. The van der Waals surface area contributed by atoms with Gasteiger partial charge in [0.2, 0.25) is 0 Å². The summed E-state index contributed by atoms with van der Waals surface area (Å²) in [4.78, 5) is 58.3. The number of ether oxygens (including phenoxy) is 5. The Morgan fingerprint density at radius 1 is 0.679 bits per heavy atom. The van der Waals surface area contributed by atoms with Gasteiger partial charge in [-0.05, 0) is 55.5 Å². The molecule has 4 aromatic carbocycles. The summed E-state index contributed by atoms with van der Waals surface area (Å²) < 4.78 is 30.9. The van der Waals surface area contributed by atoms with Gasteiger partial charge in [0.15, 0.2) is 18.4 Å². The van der Waals surface area contributed by atoms with Crippen molar-refractivity contribution >= 4 is 59.0 Å². The van der Waals surface area contributed by atoms with E-state index in [-0.39, 0.29) is 44.7 Å². The predicted molar refractivity (Wildman–Crippen MR) is 196 cm³/mol. The van der Waals surface area contributed by atoms with Gasteiger partial charge in [-0.15, -0.1) is 0 Å². The number of esters is 4. The molecule has 0 saturated carbocycles. The Labute approximate surface area is 314 Å². The van der Waals surface area contributed by atoms with Crippen LogP contribution in [0.1, 0.15) is 60.3 Å². The van der Waals surface area contributed by atoms with Crippen molar-refractivity contribution in [3.8, 4) is 0 Å². The molecule has 0 aliphatic carbocycles. The third-order valence-electron chi connectivity index (χ3n) is 8.13. The Bertz CT molecular complexity index is 2090. The highest BCUT2D eigenvalue weighted by atomic mass is 35.5. The molecule has 1 aliphatic rings. The van der Waals surface area contributed by atoms with Crippen molar-refractivity contribution in [3.05, 3.63) is 159 Å². The Hall–Kier alpha value is -5.75. The van der Waals surface area contributed by atoms with E-state index in [4.69, 9.17) is 46.9 Å². The summed E-state index contributed by atoms with van der Waals surface area (Å²) in [5.41, 5.74) is 1.10. The third-order valence-corrected chi connectivity index (χ3v) is 8.97. The second-order valence-corrected chi connectivity index (χ2v) is 12.3. The van der Waals surface area contributed by atoms with Gasteiger partial charge in [0.05, 0.1) is 45.9 Å². The molecular weight excluding hydrogens is 723 g/mol. The number of nitrogens with zero attached hydrogens (tertiary/aromatic N) is 2. The minimum absolute atomic E-state index is 0.0246. The van der Waals surface area contributed by atoms with E-state index in [2.05, 4.69) is 4.99 Å². The van der Waals surface area contributed by atoms with Crippen molar-refractivity contribution in [2.45, 2.75) is 31.5 Å². The average molecular weight is 756 g/mol. The van der Waals surface area contributed by atoms with Gasteiger partial charge < -0.3 is 23.7 Å². The first-order chi connectivity index (χ1) is 25.8. The van der Waals surface area contributed by atoms with E-state index in [1.807, 2.05) is 6.07 Å². The van der Waals surface area contributed by atoms with Gasteiger partial charge in [-0.25, -0.2) is 19.2 Å². The highest BCUT2D eigenvalue weighted by molar-refractivity contribution is 6.44. The fourth-order valence-corrected chi connectivity index (χ4v) is 6.18. The Morgan fingerprint density at radius 2 is 1.17 bits per heavy atom. The number of aliphatic imine (C=N–C) groups is 1. The molecule has 0 amide bonds. The summed E-state index contributed by atoms with van der Waals surface area (Å²) in [6.45, 7) is 1.21. The van der Waals surface area contributed by atoms with E-state index in [1.165, 1.54) is 10.8 Å². The number of para-hydroxylation sites is 1. The Kier molecular flexibility index (Phi) is 12.0.